The van der Waals surface area contributed by atoms with E-state index in [0.29, 0.717) is 38.6 Å². The number of aryl methyl sites for hydroxylation is 1. The average Bonchev–Trinajstić information content (AvgIpc) is 3.41. The summed E-state index contributed by atoms with van der Waals surface area (Å²) in [5.41, 5.74) is 1.07. The molecule has 1 aliphatic heterocycles. The predicted molar refractivity (Wildman–Crippen MR) is 156 cm³/mol. The molecular weight excluding hydrogens is 547 g/mol. The quantitative estimate of drug-likeness (QED) is 0.249. The second-order valence-corrected chi connectivity index (χ2v) is 13.5. The highest BCUT2D eigenvalue weighted by Gasteiger charge is 2.34. The Kier molecular flexibility index (Phi) is 13.7. The molecule has 227 valence electrons. The van der Waals surface area contributed by atoms with Gasteiger partial charge < -0.3 is 25.3 Å². The molecular formula is C29H44N4O7P. The van der Waals surface area contributed by atoms with Crippen LogP contribution >= 0.6 is 7.37 Å². The first kappa shape index (κ1) is 34.2. The average molecular weight is 592 g/mol. The molecule has 1 aromatic carbocycles. The lowest BCUT2D eigenvalue weighted by molar-refractivity contribution is -0.138. The number of nitrogens with zero attached hydrogens (tertiary/aromatic N) is 2. The summed E-state index contributed by atoms with van der Waals surface area (Å²) in [5.74, 6) is -1.50. The summed E-state index contributed by atoms with van der Waals surface area (Å²) >= 11 is 0. The summed E-state index contributed by atoms with van der Waals surface area (Å²) in [5, 5.41) is 5.15. The molecule has 1 saturated heterocycles. The zero-order valence-corrected chi connectivity index (χ0v) is 25.4. The molecule has 1 aromatic rings. The number of hydrogen-bond donors (Lipinski definition) is 3. The van der Waals surface area contributed by atoms with E-state index >= 15 is 0 Å². The number of rotatable bonds is 16. The van der Waals surface area contributed by atoms with Crippen molar-refractivity contribution < 1.29 is 33.4 Å². The Labute approximate surface area is 242 Å². The standard InChI is InChI=1S/C29H44N4O7P/c1-21(2)18-25(19-34)33(27(36)14-8-12-24-10-6-5-7-11-24)20-41(39,40)17-15-30-28(37)22(3)31-29(38)26-13-9-16-32(26)23(4)35/h5-7,10-11,21-22,25-26H,8-9,12-18,20H2,1-4H3,(H,30,37)(H,31,38)(H,39,40)/t22-,25-,26-/m0/s1. The highest BCUT2D eigenvalue weighted by Crippen LogP contribution is 2.41. The molecule has 3 N–H and O–H groups in total. The van der Waals surface area contributed by atoms with E-state index in [0.717, 1.165) is 10.5 Å². The lowest BCUT2D eigenvalue weighted by atomic mass is 10.0. The van der Waals surface area contributed by atoms with Gasteiger partial charge in [-0.15, -0.1) is 0 Å². The molecule has 0 saturated carbocycles. The van der Waals surface area contributed by atoms with Gasteiger partial charge in [0, 0.05) is 32.6 Å². The van der Waals surface area contributed by atoms with Crippen LogP contribution in [0.1, 0.15) is 65.4 Å². The summed E-state index contributed by atoms with van der Waals surface area (Å²) in [6, 6.07) is 7.16. The number of amides is 4. The Balaban J connectivity index is 1.92. The van der Waals surface area contributed by atoms with E-state index < -0.39 is 49.5 Å². The minimum absolute atomic E-state index is 0.0573. The molecule has 1 radical (unpaired) electrons. The second kappa shape index (κ2) is 16.4. The Bertz CT molecular complexity index is 1100. The van der Waals surface area contributed by atoms with Crippen LogP contribution in [-0.4, -0.2) is 88.3 Å². The van der Waals surface area contributed by atoms with Crippen molar-refractivity contribution in [2.24, 2.45) is 5.92 Å². The van der Waals surface area contributed by atoms with E-state index in [1.54, 1.807) is 0 Å². The predicted octanol–water partition coefficient (Wildman–Crippen LogP) is 2.22. The molecule has 0 aromatic heterocycles. The molecule has 41 heavy (non-hydrogen) atoms. The van der Waals surface area contributed by atoms with Crippen LogP contribution in [0.2, 0.25) is 0 Å². The van der Waals surface area contributed by atoms with Gasteiger partial charge in [-0.2, -0.15) is 0 Å². The molecule has 1 heterocycles. The van der Waals surface area contributed by atoms with Crippen LogP contribution in [0.3, 0.4) is 0 Å². The van der Waals surface area contributed by atoms with E-state index in [1.807, 2.05) is 50.5 Å². The maximum Gasteiger partial charge on any atom is 0.243 e. The van der Waals surface area contributed by atoms with E-state index in [2.05, 4.69) is 10.6 Å². The van der Waals surface area contributed by atoms with Gasteiger partial charge in [-0.3, -0.25) is 28.5 Å². The molecule has 12 heteroatoms. The molecule has 0 bridgehead atoms. The van der Waals surface area contributed by atoms with Crippen molar-refractivity contribution in [3.63, 3.8) is 0 Å². The second-order valence-electron chi connectivity index (χ2n) is 11.1. The summed E-state index contributed by atoms with van der Waals surface area (Å²) in [6.07, 6.45) is 3.86. The fourth-order valence-corrected chi connectivity index (χ4v) is 6.31. The molecule has 11 nitrogen and oxygen atoms in total. The van der Waals surface area contributed by atoms with Gasteiger partial charge in [0.25, 0.3) is 0 Å². The third-order valence-electron chi connectivity index (χ3n) is 7.07. The maximum atomic E-state index is 13.1. The van der Waals surface area contributed by atoms with Crippen LogP contribution in [0, 0.1) is 5.92 Å². The normalized spacial score (nSPS) is 17.8. The van der Waals surface area contributed by atoms with Gasteiger partial charge in [0.05, 0.1) is 12.3 Å². The van der Waals surface area contributed by atoms with Crippen molar-refractivity contribution in [1.29, 1.82) is 0 Å². The van der Waals surface area contributed by atoms with Gasteiger partial charge in [0.15, 0.2) is 0 Å². The van der Waals surface area contributed by atoms with Gasteiger partial charge in [-0.05, 0) is 50.5 Å². The number of hydrogen-bond acceptors (Lipinski definition) is 6. The molecule has 1 fully saturated rings. The maximum absolute atomic E-state index is 13.1. The smallest absolute Gasteiger partial charge is 0.243 e. The number of carbonyl (C=O) groups excluding carboxylic acids is 5. The molecule has 4 atom stereocenters. The summed E-state index contributed by atoms with van der Waals surface area (Å²) in [7, 11) is -3.97. The Morgan fingerprint density at radius 3 is 2.46 bits per heavy atom. The van der Waals surface area contributed by atoms with E-state index in [-0.39, 0.29) is 31.0 Å². The minimum Gasteiger partial charge on any atom is -0.354 e. The first-order valence-corrected chi connectivity index (χ1v) is 16.2. The van der Waals surface area contributed by atoms with Crippen molar-refractivity contribution in [2.45, 2.75) is 84.3 Å². The van der Waals surface area contributed by atoms with Crippen LogP contribution in [0.25, 0.3) is 0 Å². The topological polar surface area (TPSA) is 153 Å². The van der Waals surface area contributed by atoms with Gasteiger partial charge in [0.1, 0.15) is 12.1 Å². The van der Waals surface area contributed by atoms with E-state index in [1.165, 1.54) is 18.7 Å². The molecule has 4 amide bonds. The molecule has 0 spiro atoms. The summed E-state index contributed by atoms with van der Waals surface area (Å²) in [4.78, 5) is 75.1. The third-order valence-corrected chi connectivity index (χ3v) is 8.74. The van der Waals surface area contributed by atoms with Crippen LogP contribution < -0.4 is 10.6 Å². The Morgan fingerprint density at radius 2 is 1.85 bits per heavy atom. The molecule has 1 aliphatic rings. The molecule has 2 rings (SSSR count). The van der Waals surface area contributed by atoms with Gasteiger partial charge in [-0.1, -0.05) is 44.2 Å². The largest absolute Gasteiger partial charge is 0.354 e. The summed E-state index contributed by atoms with van der Waals surface area (Å²) in [6.45, 7) is 7.00. The highest BCUT2D eigenvalue weighted by molar-refractivity contribution is 7.57. The fourth-order valence-electron chi connectivity index (χ4n) is 4.88. The lowest BCUT2D eigenvalue weighted by Gasteiger charge is -2.31. The summed E-state index contributed by atoms with van der Waals surface area (Å²) < 4.78 is 13.1. The Hall–Kier alpha value is -3.04. The van der Waals surface area contributed by atoms with Crippen LogP contribution in [0.15, 0.2) is 30.3 Å². The third kappa shape index (κ3) is 11.4. The van der Waals surface area contributed by atoms with E-state index in [4.69, 9.17) is 0 Å². The van der Waals surface area contributed by atoms with E-state index in [9.17, 15) is 33.4 Å². The van der Waals surface area contributed by atoms with Crippen molar-refractivity contribution >= 4 is 37.3 Å². The van der Waals surface area contributed by atoms with Crippen molar-refractivity contribution in [1.82, 2.24) is 20.4 Å². The number of benzene rings is 1. The van der Waals surface area contributed by atoms with Crippen LogP contribution in [0.5, 0.6) is 0 Å². The monoisotopic (exact) mass is 591 g/mol. The van der Waals surface area contributed by atoms with Gasteiger partial charge in [-0.25, -0.2) is 0 Å². The Morgan fingerprint density at radius 1 is 1.17 bits per heavy atom. The van der Waals surface area contributed by atoms with Crippen molar-refractivity contribution in [2.75, 3.05) is 25.5 Å². The number of nitrogens with one attached hydrogen (secondary N) is 2. The SMILES string of the molecule is CC(=O)N1CCC[C@H]1C(=O)N[C@@H](C)C(=O)NCC[P@@](=O)(O)CN(C(=O)CCCc1ccccc1)[C@H]([C]=O)CC(C)C. The number of carbonyl (C=O) groups is 4. The van der Waals surface area contributed by atoms with Crippen LogP contribution in [-0.2, 0) is 35.0 Å². The molecule has 0 aliphatic carbocycles. The highest BCUT2D eigenvalue weighted by atomic mass is 31.2. The van der Waals surface area contributed by atoms with Crippen LogP contribution in [0.4, 0.5) is 0 Å². The first-order chi connectivity index (χ1) is 19.3. The number of likely N-dealkylation sites (tertiary alicyclic amines) is 1. The fraction of sp³-hybridized carbons (Fsp3) is 0.621. The zero-order valence-electron chi connectivity index (χ0n) is 24.5. The molecule has 0 unspecified atom stereocenters. The first-order valence-electron chi connectivity index (χ1n) is 14.2. The van der Waals surface area contributed by atoms with Crippen molar-refractivity contribution in [3.05, 3.63) is 35.9 Å². The zero-order chi connectivity index (χ0) is 30.6. The van der Waals surface area contributed by atoms with Crippen molar-refractivity contribution in [3.8, 4) is 0 Å². The van der Waals surface area contributed by atoms with Gasteiger partial charge >= 0.3 is 0 Å². The lowest BCUT2D eigenvalue weighted by Crippen LogP contribution is -2.52. The van der Waals surface area contributed by atoms with Gasteiger partial charge in [0.2, 0.25) is 37.3 Å². The minimum atomic E-state index is -3.97.